The van der Waals surface area contributed by atoms with Crippen LogP contribution in [0, 0.1) is 13.8 Å². The van der Waals surface area contributed by atoms with Crippen molar-refractivity contribution in [2.24, 2.45) is 0 Å². The number of carbonyl (C=O) groups excluding carboxylic acids is 1. The van der Waals surface area contributed by atoms with Crippen LogP contribution >= 0.6 is 0 Å². The van der Waals surface area contributed by atoms with Crippen LogP contribution in [0.25, 0.3) is 0 Å². The molecule has 0 aliphatic heterocycles. The molecule has 2 aromatic carbocycles. The van der Waals surface area contributed by atoms with Crippen molar-refractivity contribution in [2.45, 2.75) is 40.3 Å². The summed E-state index contributed by atoms with van der Waals surface area (Å²) in [7, 11) is 0. The van der Waals surface area contributed by atoms with E-state index >= 15 is 0 Å². The van der Waals surface area contributed by atoms with Crippen LogP contribution in [0.2, 0.25) is 0 Å². The molecule has 2 aromatic rings. The second kappa shape index (κ2) is 8.39. The van der Waals surface area contributed by atoms with Gasteiger partial charge in [0.15, 0.2) is 6.61 Å². The van der Waals surface area contributed by atoms with Gasteiger partial charge < -0.3 is 14.8 Å². The van der Waals surface area contributed by atoms with E-state index in [-0.39, 0.29) is 18.6 Å². The molecule has 0 bridgehead atoms. The van der Waals surface area contributed by atoms with Crippen LogP contribution in [0.3, 0.4) is 0 Å². The predicted molar refractivity (Wildman–Crippen MR) is 95.5 cm³/mol. The van der Waals surface area contributed by atoms with Crippen molar-refractivity contribution in [3.8, 4) is 11.5 Å². The van der Waals surface area contributed by atoms with Gasteiger partial charge in [0.25, 0.3) is 5.91 Å². The van der Waals surface area contributed by atoms with E-state index in [0.717, 1.165) is 28.2 Å². The first kappa shape index (κ1) is 17.9. The van der Waals surface area contributed by atoms with Crippen molar-refractivity contribution in [1.29, 1.82) is 0 Å². The maximum Gasteiger partial charge on any atom is 0.258 e. The molecule has 0 saturated carbocycles. The Hall–Kier alpha value is -2.49. The number of aryl methyl sites for hydroxylation is 2. The molecule has 0 saturated heterocycles. The van der Waals surface area contributed by atoms with Crippen molar-refractivity contribution in [3.63, 3.8) is 0 Å². The van der Waals surface area contributed by atoms with Crippen LogP contribution in [0.5, 0.6) is 11.5 Å². The number of amides is 1. The minimum absolute atomic E-state index is 0.00643. The van der Waals surface area contributed by atoms with E-state index in [4.69, 9.17) is 9.47 Å². The largest absolute Gasteiger partial charge is 0.491 e. The van der Waals surface area contributed by atoms with Gasteiger partial charge in [-0.3, -0.25) is 4.79 Å². The minimum atomic E-state index is -0.147. The first-order valence-electron chi connectivity index (χ1n) is 8.16. The zero-order valence-electron chi connectivity index (χ0n) is 14.8. The Balaban J connectivity index is 1.84. The molecule has 128 valence electrons. The molecule has 24 heavy (non-hydrogen) atoms. The zero-order chi connectivity index (χ0) is 17.5. The topological polar surface area (TPSA) is 47.6 Å². The summed E-state index contributed by atoms with van der Waals surface area (Å²) in [6.45, 7) is 8.39. The van der Waals surface area contributed by atoms with Crippen LogP contribution in [-0.4, -0.2) is 18.6 Å². The second-order valence-electron chi connectivity index (χ2n) is 6.15. The minimum Gasteiger partial charge on any atom is -0.491 e. The molecule has 0 unspecified atom stereocenters. The van der Waals surface area contributed by atoms with Gasteiger partial charge in [-0.2, -0.15) is 0 Å². The first-order chi connectivity index (χ1) is 11.4. The highest BCUT2D eigenvalue weighted by molar-refractivity contribution is 5.77. The van der Waals surface area contributed by atoms with Crippen LogP contribution in [0.15, 0.2) is 42.5 Å². The Morgan fingerprint density at radius 3 is 2.67 bits per heavy atom. The third-order valence-corrected chi connectivity index (χ3v) is 3.46. The molecule has 1 N–H and O–H groups in total. The van der Waals surface area contributed by atoms with Gasteiger partial charge >= 0.3 is 0 Å². The van der Waals surface area contributed by atoms with E-state index in [2.05, 4.69) is 5.32 Å². The number of carbonyl (C=O) groups is 1. The normalized spacial score (nSPS) is 10.5. The van der Waals surface area contributed by atoms with Gasteiger partial charge in [-0.15, -0.1) is 0 Å². The number of hydrogen-bond donors (Lipinski definition) is 1. The summed E-state index contributed by atoms with van der Waals surface area (Å²) in [5.74, 6) is 1.41. The molecule has 0 atom stereocenters. The summed E-state index contributed by atoms with van der Waals surface area (Å²) in [4.78, 5) is 12.0. The lowest BCUT2D eigenvalue weighted by Crippen LogP contribution is -2.28. The number of hydrogen-bond acceptors (Lipinski definition) is 3. The lowest BCUT2D eigenvalue weighted by Gasteiger charge is -2.12. The molecule has 0 heterocycles. The highest BCUT2D eigenvalue weighted by Gasteiger charge is 2.06. The van der Waals surface area contributed by atoms with Gasteiger partial charge in [-0.05, 0) is 62.6 Å². The average Bonchev–Trinajstić information content (AvgIpc) is 2.53. The molecule has 4 nitrogen and oxygen atoms in total. The highest BCUT2D eigenvalue weighted by Crippen LogP contribution is 2.19. The van der Waals surface area contributed by atoms with Gasteiger partial charge in [0, 0.05) is 6.54 Å². The maximum atomic E-state index is 12.0. The third-order valence-electron chi connectivity index (χ3n) is 3.46. The summed E-state index contributed by atoms with van der Waals surface area (Å²) in [6, 6.07) is 13.7. The van der Waals surface area contributed by atoms with E-state index in [1.165, 1.54) is 0 Å². The number of ether oxygens (including phenoxy) is 2. The number of benzene rings is 2. The summed E-state index contributed by atoms with van der Waals surface area (Å²) < 4.78 is 11.3. The first-order valence-corrected chi connectivity index (χ1v) is 8.16. The van der Waals surface area contributed by atoms with Crippen LogP contribution in [0.4, 0.5) is 0 Å². The third kappa shape index (κ3) is 5.61. The van der Waals surface area contributed by atoms with Gasteiger partial charge in [-0.25, -0.2) is 0 Å². The molecule has 4 heteroatoms. The van der Waals surface area contributed by atoms with Gasteiger partial charge in [0.05, 0.1) is 6.10 Å². The van der Waals surface area contributed by atoms with Crippen molar-refractivity contribution in [3.05, 3.63) is 59.2 Å². The van der Waals surface area contributed by atoms with Crippen molar-refractivity contribution in [2.75, 3.05) is 6.61 Å². The summed E-state index contributed by atoms with van der Waals surface area (Å²) in [6.07, 6.45) is 0.126. The van der Waals surface area contributed by atoms with Crippen LogP contribution in [0.1, 0.15) is 30.5 Å². The Bertz CT molecular complexity index is 695. The molecule has 0 radical (unpaired) electrons. The Morgan fingerprint density at radius 1 is 1.12 bits per heavy atom. The van der Waals surface area contributed by atoms with E-state index in [1.54, 1.807) is 0 Å². The summed E-state index contributed by atoms with van der Waals surface area (Å²) in [5.41, 5.74) is 3.12. The SMILES string of the molecule is Cc1ccc(C)c(OCC(=O)NCc2cccc(OC(C)C)c2)c1. The van der Waals surface area contributed by atoms with Gasteiger partial charge in [0.1, 0.15) is 11.5 Å². The van der Waals surface area contributed by atoms with Crippen molar-refractivity contribution >= 4 is 5.91 Å². The molecular formula is C20H25NO3. The number of rotatable bonds is 7. The van der Waals surface area contributed by atoms with Crippen molar-refractivity contribution < 1.29 is 14.3 Å². The average molecular weight is 327 g/mol. The lowest BCUT2D eigenvalue weighted by atomic mass is 10.1. The molecule has 0 spiro atoms. The fourth-order valence-electron chi connectivity index (χ4n) is 2.26. The van der Waals surface area contributed by atoms with E-state index < -0.39 is 0 Å². The monoisotopic (exact) mass is 327 g/mol. The fourth-order valence-corrected chi connectivity index (χ4v) is 2.26. The van der Waals surface area contributed by atoms with E-state index in [9.17, 15) is 4.79 Å². The standard InChI is InChI=1S/C20H25NO3/c1-14(2)24-18-7-5-6-17(11-18)12-21-20(22)13-23-19-10-15(3)8-9-16(19)4/h5-11,14H,12-13H2,1-4H3,(H,21,22). The zero-order valence-corrected chi connectivity index (χ0v) is 14.8. The highest BCUT2D eigenvalue weighted by atomic mass is 16.5. The second-order valence-corrected chi connectivity index (χ2v) is 6.15. The molecule has 2 rings (SSSR count). The maximum absolute atomic E-state index is 12.0. The smallest absolute Gasteiger partial charge is 0.258 e. The number of nitrogens with one attached hydrogen (secondary N) is 1. The molecule has 0 fully saturated rings. The Morgan fingerprint density at radius 2 is 1.92 bits per heavy atom. The van der Waals surface area contributed by atoms with E-state index in [0.29, 0.717) is 6.54 Å². The lowest BCUT2D eigenvalue weighted by molar-refractivity contribution is -0.123. The molecule has 0 aromatic heterocycles. The molecular weight excluding hydrogens is 302 g/mol. The molecule has 0 aliphatic carbocycles. The summed E-state index contributed by atoms with van der Waals surface area (Å²) >= 11 is 0. The van der Waals surface area contributed by atoms with E-state index in [1.807, 2.05) is 70.2 Å². The summed E-state index contributed by atoms with van der Waals surface area (Å²) in [5, 5.41) is 2.86. The van der Waals surface area contributed by atoms with Gasteiger partial charge in [-0.1, -0.05) is 24.3 Å². The van der Waals surface area contributed by atoms with Crippen molar-refractivity contribution in [1.82, 2.24) is 5.32 Å². The Labute approximate surface area is 143 Å². The Kier molecular flexibility index (Phi) is 6.24. The quantitative estimate of drug-likeness (QED) is 0.842. The predicted octanol–water partition coefficient (Wildman–Crippen LogP) is 3.79. The molecule has 1 amide bonds. The van der Waals surface area contributed by atoms with Crippen LogP contribution < -0.4 is 14.8 Å². The molecule has 0 aliphatic rings. The fraction of sp³-hybridized carbons (Fsp3) is 0.350. The van der Waals surface area contributed by atoms with Gasteiger partial charge in [0.2, 0.25) is 0 Å². The van der Waals surface area contributed by atoms with Crippen LogP contribution in [-0.2, 0) is 11.3 Å².